The largest absolute Gasteiger partial charge is 0.459 e. The highest BCUT2D eigenvalue weighted by Crippen LogP contribution is 2.36. The summed E-state index contributed by atoms with van der Waals surface area (Å²) in [5.41, 5.74) is 0.962. The van der Waals surface area contributed by atoms with E-state index in [1.807, 2.05) is 19.1 Å². The number of carbonyl (C=O) groups is 2. The number of rotatable bonds is 1. The van der Waals surface area contributed by atoms with Crippen molar-refractivity contribution in [3.8, 4) is 0 Å². The first-order valence-electron chi connectivity index (χ1n) is 9.97. The maximum Gasteiger partial charge on any atom is 0.330 e. The normalized spacial score (nSPS) is 39.4. The highest BCUT2D eigenvalue weighted by atomic mass is 32.2. The molecular weight excluding hydrogens is 378 g/mol. The predicted molar refractivity (Wildman–Crippen MR) is 109 cm³/mol. The minimum Gasteiger partial charge on any atom is -0.459 e. The molecule has 4 atom stereocenters. The molecule has 3 aliphatic rings. The Kier molecular flexibility index (Phi) is 7.37. The zero-order valence-corrected chi connectivity index (χ0v) is 17.1. The van der Waals surface area contributed by atoms with Gasteiger partial charge in [-0.15, -0.1) is 0 Å². The SMILES string of the molecule is C/C1=C/C(=O)O[C@@H]2C[C@@H](CCC/C=C\C=C\CC1)O[C@@](O)([C@@H]1CSC(=O)N1)C2. The molecule has 0 radical (unpaired) electrons. The van der Waals surface area contributed by atoms with E-state index in [-0.39, 0.29) is 23.7 Å². The van der Waals surface area contributed by atoms with Crippen molar-refractivity contribution in [3.63, 3.8) is 0 Å². The highest BCUT2D eigenvalue weighted by molar-refractivity contribution is 8.14. The van der Waals surface area contributed by atoms with Crippen LogP contribution in [0, 0.1) is 0 Å². The van der Waals surface area contributed by atoms with Crippen molar-refractivity contribution >= 4 is 23.0 Å². The zero-order valence-electron chi connectivity index (χ0n) is 16.3. The first-order chi connectivity index (χ1) is 13.4. The summed E-state index contributed by atoms with van der Waals surface area (Å²) >= 11 is 1.14. The van der Waals surface area contributed by atoms with E-state index in [1.54, 1.807) is 0 Å². The molecule has 3 heterocycles. The molecule has 0 spiro atoms. The lowest BCUT2D eigenvalue weighted by molar-refractivity contribution is -0.283. The van der Waals surface area contributed by atoms with Gasteiger partial charge in [-0.05, 0) is 39.0 Å². The molecular formula is C21H29NO5S. The molecule has 3 aliphatic heterocycles. The number of hydrogen-bond donors (Lipinski definition) is 2. The van der Waals surface area contributed by atoms with Gasteiger partial charge < -0.3 is 19.9 Å². The summed E-state index contributed by atoms with van der Waals surface area (Å²) in [4.78, 5) is 23.9. The van der Waals surface area contributed by atoms with Crippen LogP contribution in [0.3, 0.4) is 0 Å². The minimum atomic E-state index is -1.52. The van der Waals surface area contributed by atoms with Crippen molar-refractivity contribution in [3.05, 3.63) is 36.0 Å². The summed E-state index contributed by atoms with van der Waals surface area (Å²) in [5.74, 6) is -1.46. The molecule has 2 N–H and O–H groups in total. The maximum absolute atomic E-state index is 12.3. The smallest absolute Gasteiger partial charge is 0.330 e. The molecule has 6 nitrogen and oxygen atoms in total. The van der Waals surface area contributed by atoms with Gasteiger partial charge in [0.1, 0.15) is 6.10 Å². The summed E-state index contributed by atoms with van der Waals surface area (Å²) in [6.07, 6.45) is 14.2. The molecule has 2 bridgehead atoms. The first kappa shape index (κ1) is 21.1. The number of aliphatic hydroxyl groups is 1. The molecule has 2 saturated heterocycles. The lowest BCUT2D eigenvalue weighted by Gasteiger charge is -2.43. The van der Waals surface area contributed by atoms with Crippen LogP contribution in [0.25, 0.3) is 0 Å². The summed E-state index contributed by atoms with van der Waals surface area (Å²) < 4.78 is 11.7. The second-order valence-corrected chi connectivity index (χ2v) is 8.69. The van der Waals surface area contributed by atoms with Gasteiger partial charge in [0, 0.05) is 24.7 Å². The quantitative estimate of drug-likeness (QED) is 0.646. The van der Waals surface area contributed by atoms with Crippen molar-refractivity contribution in [1.82, 2.24) is 5.32 Å². The summed E-state index contributed by atoms with van der Waals surface area (Å²) in [6.45, 7) is 1.92. The number of nitrogens with one attached hydrogen (secondary N) is 1. The zero-order chi connectivity index (χ0) is 20.0. The number of amides is 1. The van der Waals surface area contributed by atoms with E-state index in [4.69, 9.17) is 9.47 Å². The van der Waals surface area contributed by atoms with Crippen molar-refractivity contribution < 1.29 is 24.2 Å². The standard InChI is InChI=1S/C21H29NO5S/c1-15-9-7-5-3-2-4-6-8-10-16-12-17(26-19(23)11-15)13-21(25,27-16)18-14-28-20(24)22-18/h2-5,11,16-18,25H,6-10,12-14H2,1H3,(H,22,24)/b4-2-,5-3+,15-11-/t16-,17-,18+,21-/m1/s1. The van der Waals surface area contributed by atoms with E-state index in [0.29, 0.717) is 12.2 Å². The molecule has 28 heavy (non-hydrogen) atoms. The molecule has 3 rings (SSSR count). The van der Waals surface area contributed by atoms with E-state index in [1.165, 1.54) is 6.08 Å². The number of hydrogen-bond acceptors (Lipinski definition) is 6. The van der Waals surface area contributed by atoms with Gasteiger partial charge >= 0.3 is 5.97 Å². The van der Waals surface area contributed by atoms with E-state index in [0.717, 1.165) is 49.4 Å². The Morgan fingerprint density at radius 3 is 2.75 bits per heavy atom. The summed E-state index contributed by atoms with van der Waals surface area (Å²) in [7, 11) is 0. The molecule has 2 fully saturated rings. The van der Waals surface area contributed by atoms with Crippen LogP contribution in [0.15, 0.2) is 36.0 Å². The van der Waals surface area contributed by atoms with Crippen molar-refractivity contribution in [2.24, 2.45) is 0 Å². The van der Waals surface area contributed by atoms with Gasteiger partial charge in [0.15, 0.2) is 5.79 Å². The van der Waals surface area contributed by atoms with Crippen molar-refractivity contribution in [2.45, 2.75) is 75.9 Å². The molecule has 154 valence electrons. The molecule has 1 amide bonds. The highest BCUT2D eigenvalue weighted by Gasteiger charge is 2.49. The van der Waals surface area contributed by atoms with E-state index in [2.05, 4.69) is 17.5 Å². The molecule has 0 aromatic rings. The molecule has 0 unspecified atom stereocenters. The average Bonchev–Trinajstić information content (AvgIpc) is 3.06. The van der Waals surface area contributed by atoms with Crippen LogP contribution >= 0.6 is 11.8 Å². The number of allylic oxidation sites excluding steroid dienone is 5. The molecule has 0 aromatic heterocycles. The Balaban J connectivity index is 1.75. The Bertz CT molecular complexity index is 674. The van der Waals surface area contributed by atoms with Crippen LogP contribution in [0.1, 0.15) is 51.9 Å². The van der Waals surface area contributed by atoms with Crippen molar-refractivity contribution in [1.29, 1.82) is 0 Å². The van der Waals surface area contributed by atoms with Crippen LogP contribution < -0.4 is 5.32 Å². The molecule has 0 saturated carbocycles. The van der Waals surface area contributed by atoms with Gasteiger partial charge in [0.25, 0.3) is 5.24 Å². The first-order valence-corrected chi connectivity index (χ1v) is 11.0. The van der Waals surface area contributed by atoms with Crippen LogP contribution in [0.2, 0.25) is 0 Å². The summed E-state index contributed by atoms with van der Waals surface area (Å²) in [5, 5.41) is 13.7. The number of esters is 1. The van der Waals surface area contributed by atoms with Crippen molar-refractivity contribution in [2.75, 3.05) is 5.75 Å². The Hall–Kier alpha value is -1.57. The topological polar surface area (TPSA) is 84.9 Å². The minimum absolute atomic E-state index is 0.163. The second kappa shape index (κ2) is 9.76. The lowest BCUT2D eigenvalue weighted by Crippen LogP contribution is -2.58. The third kappa shape index (κ3) is 5.96. The maximum atomic E-state index is 12.3. The Morgan fingerprint density at radius 1 is 1.21 bits per heavy atom. The van der Waals surface area contributed by atoms with E-state index >= 15 is 0 Å². The van der Waals surface area contributed by atoms with E-state index < -0.39 is 17.9 Å². The Morgan fingerprint density at radius 2 is 2.00 bits per heavy atom. The average molecular weight is 408 g/mol. The van der Waals surface area contributed by atoms with Crippen LogP contribution in [-0.4, -0.2) is 46.1 Å². The van der Waals surface area contributed by atoms with Gasteiger partial charge in [0.2, 0.25) is 0 Å². The van der Waals surface area contributed by atoms with Gasteiger partial charge in [-0.3, -0.25) is 4.79 Å². The third-order valence-electron chi connectivity index (χ3n) is 5.27. The van der Waals surface area contributed by atoms with Gasteiger partial charge in [-0.25, -0.2) is 4.79 Å². The van der Waals surface area contributed by atoms with E-state index in [9.17, 15) is 14.7 Å². The number of ether oxygens (including phenoxy) is 2. The number of fused-ring (bicyclic) bond motifs is 2. The number of thioether (sulfide) groups is 1. The second-order valence-electron chi connectivity index (χ2n) is 7.70. The Labute approximate surface area is 170 Å². The molecule has 0 aromatic carbocycles. The van der Waals surface area contributed by atoms with Crippen LogP contribution in [0.5, 0.6) is 0 Å². The number of carbonyl (C=O) groups excluding carboxylic acids is 2. The molecule has 7 heteroatoms. The van der Waals surface area contributed by atoms with Gasteiger partial charge in [0.05, 0.1) is 12.1 Å². The van der Waals surface area contributed by atoms with Crippen LogP contribution in [0.4, 0.5) is 4.79 Å². The lowest BCUT2D eigenvalue weighted by atomic mass is 9.91. The van der Waals surface area contributed by atoms with Gasteiger partial charge in [-0.2, -0.15) is 0 Å². The van der Waals surface area contributed by atoms with Crippen LogP contribution in [-0.2, 0) is 14.3 Å². The fraction of sp³-hybridized carbons (Fsp3) is 0.619. The third-order valence-corrected chi connectivity index (χ3v) is 6.15. The van der Waals surface area contributed by atoms with Gasteiger partial charge in [-0.1, -0.05) is 41.6 Å². The fourth-order valence-corrected chi connectivity index (χ4v) is 4.69. The molecule has 0 aliphatic carbocycles. The predicted octanol–water partition coefficient (Wildman–Crippen LogP) is 3.61. The summed E-state index contributed by atoms with van der Waals surface area (Å²) in [6, 6.07) is -0.498. The fourth-order valence-electron chi connectivity index (χ4n) is 3.80. The monoisotopic (exact) mass is 407 g/mol.